The summed E-state index contributed by atoms with van der Waals surface area (Å²) in [6, 6.07) is 0.308. The van der Waals surface area contributed by atoms with E-state index >= 15 is 0 Å². The molecule has 0 aliphatic heterocycles. The van der Waals surface area contributed by atoms with Crippen molar-refractivity contribution < 1.29 is 9.53 Å². The number of hydrogen-bond acceptors (Lipinski definition) is 3. The molecule has 0 radical (unpaired) electrons. The predicted octanol–water partition coefficient (Wildman–Crippen LogP) is 2.38. The van der Waals surface area contributed by atoms with Gasteiger partial charge in [0.1, 0.15) is 0 Å². The summed E-state index contributed by atoms with van der Waals surface area (Å²) in [6.45, 7) is 4.67. The number of hydrogen-bond donors (Lipinski definition) is 2. The topological polar surface area (TPSA) is 50.4 Å². The lowest BCUT2D eigenvalue weighted by molar-refractivity contribution is 0.169. The number of methoxy groups -OCH3 is 1. The summed E-state index contributed by atoms with van der Waals surface area (Å²) in [6.07, 6.45) is 4.83. The SMILES string of the molecule is CCS[C@@H]1CCCC[C@H]1NC(=O)N[C@H](C)COC. The highest BCUT2D eigenvalue weighted by Crippen LogP contribution is 2.28. The van der Waals surface area contributed by atoms with E-state index in [0.717, 1.165) is 12.2 Å². The summed E-state index contributed by atoms with van der Waals surface area (Å²) in [5, 5.41) is 6.60. The van der Waals surface area contributed by atoms with Crippen molar-refractivity contribution in [2.45, 2.75) is 56.9 Å². The molecule has 1 saturated carbocycles. The first kappa shape index (κ1) is 15.6. The van der Waals surface area contributed by atoms with Gasteiger partial charge >= 0.3 is 6.03 Å². The van der Waals surface area contributed by atoms with Crippen molar-refractivity contribution in [3.63, 3.8) is 0 Å². The number of rotatable bonds is 6. The molecule has 3 atom stereocenters. The molecule has 0 aromatic rings. The van der Waals surface area contributed by atoms with Crippen LogP contribution in [0.2, 0.25) is 0 Å². The molecule has 1 rings (SSSR count). The van der Waals surface area contributed by atoms with Crippen molar-refractivity contribution in [3.8, 4) is 0 Å². The second kappa shape index (κ2) is 8.64. The van der Waals surface area contributed by atoms with Crippen LogP contribution in [0.5, 0.6) is 0 Å². The van der Waals surface area contributed by atoms with E-state index in [1.54, 1.807) is 7.11 Å². The van der Waals surface area contributed by atoms with Crippen LogP contribution in [0.4, 0.5) is 4.79 Å². The van der Waals surface area contributed by atoms with Crippen LogP contribution in [0.3, 0.4) is 0 Å². The molecule has 18 heavy (non-hydrogen) atoms. The molecule has 0 aromatic heterocycles. The van der Waals surface area contributed by atoms with Crippen LogP contribution in [0, 0.1) is 0 Å². The van der Waals surface area contributed by atoms with Gasteiger partial charge in [-0.2, -0.15) is 11.8 Å². The Morgan fingerprint density at radius 1 is 1.44 bits per heavy atom. The number of ether oxygens (including phenoxy) is 1. The van der Waals surface area contributed by atoms with Crippen LogP contribution in [-0.4, -0.2) is 42.8 Å². The lowest BCUT2D eigenvalue weighted by atomic mass is 9.95. The van der Waals surface area contributed by atoms with Crippen LogP contribution in [0.15, 0.2) is 0 Å². The Bertz CT molecular complexity index is 249. The maximum absolute atomic E-state index is 11.9. The average Bonchev–Trinajstić information content (AvgIpc) is 2.32. The number of carbonyl (C=O) groups excluding carboxylic acids is 1. The summed E-state index contributed by atoms with van der Waals surface area (Å²) < 4.78 is 5.01. The van der Waals surface area contributed by atoms with E-state index < -0.39 is 0 Å². The zero-order valence-corrected chi connectivity index (χ0v) is 12.5. The van der Waals surface area contributed by atoms with Gasteiger partial charge < -0.3 is 15.4 Å². The fraction of sp³-hybridized carbons (Fsp3) is 0.923. The Hall–Kier alpha value is -0.420. The Kier molecular flexibility index (Phi) is 7.51. The van der Waals surface area contributed by atoms with Crippen LogP contribution >= 0.6 is 11.8 Å². The Balaban J connectivity index is 2.36. The third-order valence-corrected chi connectivity index (χ3v) is 4.52. The molecule has 2 amide bonds. The second-order valence-electron chi connectivity index (χ2n) is 4.86. The molecule has 4 nitrogen and oxygen atoms in total. The van der Waals surface area contributed by atoms with Gasteiger partial charge in [-0.15, -0.1) is 0 Å². The average molecular weight is 274 g/mol. The van der Waals surface area contributed by atoms with Crippen molar-refractivity contribution in [2.75, 3.05) is 19.5 Å². The van der Waals surface area contributed by atoms with Gasteiger partial charge in [-0.25, -0.2) is 4.79 Å². The van der Waals surface area contributed by atoms with Gasteiger partial charge in [-0.1, -0.05) is 19.8 Å². The fourth-order valence-electron chi connectivity index (χ4n) is 2.40. The quantitative estimate of drug-likeness (QED) is 0.782. The number of urea groups is 1. The number of nitrogens with one attached hydrogen (secondary N) is 2. The molecule has 1 aliphatic carbocycles. The third-order valence-electron chi connectivity index (χ3n) is 3.19. The normalized spacial score (nSPS) is 25.5. The van der Waals surface area contributed by atoms with Gasteiger partial charge in [-0.3, -0.25) is 0 Å². The molecule has 0 aromatic carbocycles. The van der Waals surface area contributed by atoms with Gasteiger partial charge in [-0.05, 0) is 25.5 Å². The van der Waals surface area contributed by atoms with Gasteiger partial charge in [0.25, 0.3) is 0 Å². The summed E-state index contributed by atoms with van der Waals surface area (Å²) in [5.74, 6) is 1.12. The molecule has 0 saturated heterocycles. The minimum atomic E-state index is -0.0619. The van der Waals surface area contributed by atoms with Crippen molar-refractivity contribution in [1.29, 1.82) is 0 Å². The zero-order chi connectivity index (χ0) is 13.4. The maximum Gasteiger partial charge on any atom is 0.315 e. The summed E-state index contributed by atoms with van der Waals surface area (Å²) in [5.41, 5.74) is 0. The highest BCUT2D eigenvalue weighted by atomic mass is 32.2. The van der Waals surface area contributed by atoms with Gasteiger partial charge in [0, 0.05) is 18.4 Å². The monoisotopic (exact) mass is 274 g/mol. The van der Waals surface area contributed by atoms with Crippen LogP contribution < -0.4 is 10.6 Å². The van der Waals surface area contributed by atoms with Crippen LogP contribution in [0.1, 0.15) is 39.5 Å². The lowest BCUT2D eigenvalue weighted by Crippen LogP contribution is -2.50. The largest absolute Gasteiger partial charge is 0.383 e. The van der Waals surface area contributed by atoms with Crippen molar-refractivity contribution in [3.05, 3.63) is 0 Å². The minimum absolute atomic E-state index is 0.0517. The highest BCUT2D eigenvalue weighted by Gasteiger charge is 2.26. The molecular formula is C13H26N2O2S. The molecule has 0 heterocycles. The Morgan fingerprint density at radius 2 is 2.17 bits per heavy atom. The smallest absolute Gasteiger partial charge is 0.315 e. The van der Waals surface area contributed by atoms with Gasteiger partial charge in [0.15, 0.2) is 0 Å². The predicted molar refractivity (Wildman–Crippen MR) is 77.2 cm³/mol. The van der Waals surface area contributed by atoms with Gasteiger partial charge in [0.05, 0.1) is 12.6 Å². The second-order valence-corrected chi connectivity index (χ2v) is 6.38. The fourth-order valence-corrected chi connectivity index (χ4v) is 3.60. The first-order valence-corrected chi connectivity index (χ1v) is 7.89. The molecule has 5 heteroatoms. The van der Waals surface area contributed by atoms with E-state index in [1.165, 1.54) is 19.3 Å². The molecule has 1 aliphatic rings. The van der Waals surface area contributed by atoms with Crippen molar-refractivity contribution >= 4 is 17.8 Å². The van der Waals surface area contributed by atoms with E-state index in [1.807, 2.05) is 18.7 Å². The molecule has 106 valence electrons. The van der Waals surface area contributed by atoms with Crippen molar-refractivity contribution in [2.24, 2.45) is 0 Å². The van der Waals surface area contributed by atoms with E-state index in [4.69, 9.17) is 4.74 Å². The van der Waals surface area contributed by atoms with Gasteiger partial charge in [0.2, 0.25) is 0 Å². The summed E-state index contributed by atoms with van der Waals surface area (Å²) in [4.78, 5) is 11.9. The number of amides is 2. The molecule has 2 N–H and O–H groups in total. The van der Waals surface area contributed by atoms with E-state index in [2.05, 4.69) is 17.6 Å². The lowest BCUT2D eigenvalue weighted by Gasteiger charge is -2.32. The van der Waals surface area contributed by atoms with E-state index in [0.29, 0.717) is 17.9 Å². The van der Waals surface area contributed by atoms with Crippen molar-refractivity contribution in [1.82, 2.24) is 10.6 Å². The molecular weight excluding hydrogens is 248 g/mol. The number of thioether (sulfide) groups is 1. The van der Waals surface area contributed by atoms with E-state index in [9.17, 15) is 4.79 Å². The Labute approximate surface area is 115 Å². The molecule has 0 spiro atoms. The Morgan fingerprint density at radius 3 is 2.83 bits per heavy atom. The summed E-state index contributed by atoms with van der Waals surface area (Å²) >= 11 is 1.96. The summed E-state index contributed by atoms with van der Waals surface area (Å²) in [7, 11) is 1.64. The first-order chi connectivity index (χ1) is 8.67. The van der Waals surface area contributed by atoms with Crippen LogP contribution in [0.25, 0.3) is 0 Å². The number of carbonyl (C=O) groups is 1. The molecule has 0 bridgehead atoms. The maximum atomic E-state index is 11.9. The molecule has 0 unspecified atom stereocenters. The van der Waals surface area contributed by atoms with Crippen LogP contribution in [-0.2, 0) is 4.74 Å². The highest BCUT2D eigenvalue weighted by molar-refractivity contribution is 7.99. The standard InChI is InChI=1S/C13H26N2O2S/c1-4-18-12-8-6-5-7-11(12)15-13(16)14-10(2)9-17-3/h10-12H,4-9H2,1-3H3,(H2,14,15,16)/t10-,11-,12-/m1/s1. The third kappa shape index (κ3) is 5.48. The first-order valence-electron chi connectivity index (χ1n) is 6.85. The molecule has 1 fully saturated rings. The van der Waals surface area contributed by atoms with E-state index in [-0.39, 0.29) is 12.1 Å². The minimum Gasteiger partial charge on any atom is -0.383 e. The zero-order valence-electron chi connectivity index (χ0n) is 11.7.